The van der Waals surface area contributed by atoms with Gasteiger partial charge in [-0.3, -0.25) is 0 Å². The molecule has 1 aliphatic heterocycles. The minimum atomic E-state index is -2.31. The van der Waals surface area contributed by atoms with E-state index in [2.05, 4.69) is 281 Å². The van der Waals surface area contributed by atoms with Crippen molar-refractivity contribution >= 4 is 95.7 Å². The van der Waals surface area contributed by atoms with Crippen molar-refractivity contribution in [3.63, 3.8) is 0 Å². The van der Waals surface area contributed by atoms with E-state index in [1.807, 2.05) is 0 Å². The second-order valence-electron chi connectivity index (χ2n) is 22.9. The molecule has 15 rings (SSSR count). The number of benzene rings is 12. The third-order valence-electron chi connectivity index (χ3n) is 17.8. The van der Waals surface area contributed by atoms with Crippen molar-refractivity contribution in [2.24, 2.45) is 0 Å². The van der Waals surface area contributed by atoms with Gasteiger partial charge < -0.3 is 9.80 Å². The average molecular weight is 977 g/mol. The summed E-state index contributed by atoms with van der Waals surface area (Å²) in [7, 11) is -2.31. The Hall–Kier alpha value is -8.50. The fraction of sp³-hybridized carbons (Fsp3) is 0.111. The molecule has 75 heavy (non-hydrogen) atoms. The molecule has 0 aromatic heterocycles. The van der Waals surface area contributed by atoms with Gasteiger partial charge in [0.05, 0.1) is 0 Å². The summed E-state index contributed by atoms with van der Waals surface area (Å²) in [5.74, 6) is 0. The van der Waals surface area contributed by atoms with E-state index < -0.39 is 8.07 Å². The van der Waals surface area contributed by atoms with Crippen molar-refractivity contribution in [3.8, 4) is 33.4 Å². The number of rotatable bonds is 6. The van der Waals surface area contributed by atoms with Crippen LogP contribution in [-0.2, 0) is 10.8 Å². The number of fused-ring (bicyclic) bond motifs is 12. The number of hydrogen-bond acceptors (Lipinski definition) is 2. The molecule has 0 spiro atoms. The molecule has 0 unspecified atom stereocenters. The second kappa shape index (κ2) is 15.8. The molecule has 0 fully saturated rings. The van der Waals surface area contributed by atoms with Crippen molar-refractivity contribution in [1.29, 1.82) is 0 Å². The van der Waals surface area contributed by atoms with Crippen LogP contribution in [0.3, 0.4) is 0 Å². The van der Waals surface area contributed by atoms with Gasteiger partial charge >= 0.3 is 0 Å². The first-order chi connectivity index (χ1) is 36.4. The van der Waals surface area contributed by atoms with Crippen LogP contribution in [0.25, 0.3) is 76.5 Å². The van der Waals surface area contributed by atoms with E-state index in [1.54, 1.807) is 0 Å². The highest BCUT2D eigenvalue weighted by atomic mass is 28.3. The quantitative estimate of drug-likeness (QED) is 0.121. The Morgan fingerprint density at radius 2 is 0.707 bits per heavy atom. The average Bonchev–Trinajstić information content (AvgIpc) is 3.87. The molecule has 1 heterocycles. The highest BCUT2D eigenvalue weighted by Gasteiger charge is 2.39. The fourth-order valence-corrected chi connectivity index (χ4v) is 16.9. The van der Waals surface area contributed by atoms with Crippen molar-refractivity contribution in [1.82, 2.24) is 0 Å². The van der Waals surface area contributed by atoms with E-state index in [4.69, 9.17) is 0 Å². The summed E-state index contributed by atoms with van der Waals surface area (Å²) in [6.45, 7) is 14.7. The van der Waals surface area contributed by atoms with E-state index in [-0.39, 0.29) is 10.8 Å². The van der Waals surface area contributed by atoms with Crippen LogP contribution < -0.4 is 20.2 Å². The third kappa shape index (κ3) is 6.38. The Bertz CT molecular complexity index is 4420. The Labute approximate surface area is 440 Å². The van der Waals surface area contributed by atoms with Crippen molar-refractivity contribution < 1.29 is 0 Å². The maximum atomic E-state index is 2.57. The van der Waals surface area contributed by atoms with Gasteiger partial charge in [0.25, 0.3) is 0 Å². The van der Waals surface area contributed by atoms with Gasteiger partial charge in [-0.15, -0.1) is 0 Å². The molecule has 0 radical (unpaired) electrons. The Morgan fingerprint density at radius 1 is 0.280 bits per heavy atom. The molecule has 0 saturated heterocycles. The zero-order valence-electron chi connectivity index (χ0n) is 43.3. The van der Waals surface area contributed by atoms with Crippen LogP contribution in [0.5, 0.6) is 0 Å². The topological polar surface area (TPSA) is 6.48 Å². The summed E-state index contributed by atoms with van der Waals surface area (Å²) >= 11 is 0. The van der Waals surface area contributed by atoms with Crippen molar-refractivity contribution in [3.05, 3.63) is 253 Å². The third-order valence-corrected chi connectivity index (χ3v) is 21.3. The smallest absolute Gasteiger partial charge is 0.113 e. The molecule has 12 aromatic carbocycles. The first-order valence-electron chi connectivity index (χ1n) is 26.7. The van der Waals surface area contributed by atoms with E-state index in [0.717, 1.165) is 22.7 Å². The minimum absolute atomic E-state index is 0.117. The van der Waals surface area contributed by atoms with Crippen molar-refractivity contribution in [2.75, 3.05) is 9.80 Å². The molecule has 2 nitrogen and oxygen atoms in total. The van der Waals surface area contributed by atoms with Crippen LogP contribution in [0.15, 0.2) is 231 Å². The standard InChI is InChI=1S/C72H56N2Si/c1-71(2)64-23-13-11-20-56(64)58-35-32-53(42-66(58)71)73(50-29-26-45-16-7-9-18-47(45)38-50)52-31-28-49-40-63-60-37-34-55(44-69(60)75(5,6)68-25-15-22-61(70(63)68)62(49)41-52)74(51-30-27-46-17-8-10-19-48(46)39-51)54-33-36-59-57-21-12-14-24-65(57)72(3,4)67(59)43-54/h7-44H,1-6H3. The predicted octanol–water partition coefficient (Wildman–Crippen LogP) is 18.7. The molecule has 0 saturated carbocycles. The normalized spacial score (nSPS) is 14.9. The molecular formula is C72H56N2Si. The van der Waals surface area contributed by atoms with Gasteiger partial charge in [0, 0.05) is 45.0 Å². The molecule has 358 valence electrons. The van der Waals surface area contributed by atoms with E-state index in [9.17, 15) is 0 Å². The zero-order valence-corrected chi connectivity index (χ0v) is 44.3. The maximum absolute atomic E-state index is 2.57. The van der Waals surface area contributed by atoms with Gasteiger partial charge in [-0.25, -0.2) is 0 Å². The molecule has 2 aliphatic carbocycles. The van der Waals surface area contributed by atoms with Gasteiger partial charge in [0.15, 0.2) is 0 Å². The summed E-state index contributed by atoms with van der Waals surface area (Å²) in [4.78, 5) is 5.00. The van der Waals surface area contributed by atoms with E-state index in [1.165, 1.54) is 120 Å². The predicted molar refractivity (Wildman–Crippen MR) is 323 cm³/mol. The van der Waals surface area contributed by atoms with Gasteiger partial charge in [0.1, 0.15) is 8.07 Å². The first-order valence-corrected chi connectivity index (χ1v) is 29.7. The SMILES string of the molecule is CC1(C)c2ccccc2-c2ccc(N(c3ccc4c(c3)[Si](C)(C)c3cccc5c3c-4cc3ccc(N(c4ccc6c(c4)C(C)(C)c4ccccc4-6)c4ccc6ccccc6c4)cc35)c3ccc4ccccc4c3)cc21. The largest absolute Gasteiger partial charge is 0.310 e. The fourth-order valence-electron chi connectivity index (χ4n) is 13.8. The molecule has 0 bridgehead atoms. The number of anilines is 6. The van der Waals surface area contributed by atoms with Crippen LogP contribution in [-0.4, -0.2) is 8.07 Å². The molecular weight excluding hydrogens is 921 g/mol. The van der Waals surface area contributed by atoms with Gasteiger partial charge in [0.2, 0.25) is 0 Å². The minimum Gasteiger partial charge on any atom is -0.310 e. The van der Waals surface area contributed by atoms with Crippen LogP contribution >= 0.6 is 0 Å². The molecule has 0 N–H and O–H groups in total. The lowest BCUT2D eigenvalue weighted by Crippen LogP contribution is -2.56. The van der Waals surface area contributed by atoms with E-state index >= 15 is 0 Å². The Kier molecular flexibility index (Phi) is 9.25. The summed E-state index contributed by atoms with van der Waals surface area (Å²) in [5.41, 5.74) is 20.3. The molecule has 0 amide bonds. The van der Waals surface area contributed by atoms with Crippen molar-refractivity contribution in [2.45, 2.75) is 51.6 Å². The van der Waals surface area contributed by atoms with Crippen LogP contribution in [0.1, 0.15) is 49.9 Å². The van der Waals surface area contributed by atoms with Gasteiger partial charge in [-0.1, -0.05) is 192 Å². The second-order valence-corrected chi connectivity index (χ2v) is 27.3. The molecule has 3 heteroatoms. The monoisotopic (exact) mass is 976 g/mol. The summed E-state index contributed by atoms with van der Waals surface area (Å²) in [6, 6.07) is 87.7. The number of nitrogens with zero attached hydrogens (tertiary/aromatic N) is 2. The van der Waals surface area contributed by atoms with Gasteiger partial charge in [-0.2, -0.15) is 0 Å². The van der Waals surface area contributed by atoms with Gasteiger partial charge in [-0.05, 0) is 188 Å². The lowest BCUT2D eigenvalue weighted by molar-refractivity contribution is 0.660. The Morgan fingerprint density at radius 3 is 1.27 bits per heavy atom. The van der Waals surface area contributed by atoms with E-state index in [0.29, 0.717) is 0 Å². The molecule has 12 aromatic rings. The Balaban J connectivity index is 0.891. The van der Waals surface area contributed by atoms with Crippen LogP contribution in [0.2, 0.25) is 13.1 Å². The zero-order chi connectivity index (χ0) is 50.5. The summed E-state index contributed by atoms with van der Waals surface area (Å²) in [6.07, 6.45) is 0. The maximum Gasteiger partial charge on any atom is 0.113 e. The molecule has 0 atom stereocenters. The highest BCUT2D eigenvalue weighted by Crippen LogP contribution is 2.53. The van der Waals surface area contributed by atoms with Crippen LogP contribution in [0.4, 0.5) is 34.1 Å². The lowest BCUT2D eigenvalue weighted by Gasteiger charge is -2.36. The van der Waals surface area contributed by atoms with Crippen LogP contribution in [0, 0.1) is 0 Å². The summed E-state index contributed by atoms with van der Waals surface area (Å²) < 4.78 is 0. The number of hydrogen-bond donors (Lipinski definition) is 0. The summed E-state index contributed by atoms with van der Waals surface area (Å²) in [5, 5.41) is 13.2. The molecule has 3 aliphatic rings. The lowest BCUT2D eigenvalue weighted by atomic mass is 9.82. The highest BCUT2D eigenvalue weighted by molar-refractivity contribution is 7.03. The first kappa shape index (κ1) is 44.0.